The molecule has 0 aliphatic carbocycles. The highest BCUT2D eigenvalue weighted by Crippen LogP contribution is 2.30. The zero-order valence-corrected chi connectivity index (χ0v) is 12.0. The molecule has 0 aliphatic heterocycles. The third-order valence-corrected chi connectivity index (χ3v) is 4.12. The van der Waals surface area contributed by atoms with Crippen LogP contribution in [0.25, 0.3) is 21.7 Å². The van der Waals surface area contributed by atoms with E-state index in [1.165, 1.54) is 5.56 Å². The molecular weight excluding hydrogens is 270 g/mol. The second-order valence-electron chi connectivity index (χ2n) is 5.45. The van der Waals surface area contributed by atoms with E-state index in [4.69, 9.17) is 0 Å². The lowest BCUT2D eigenvalue weighted by Crippen LogP contribution is -1.93. The van der Waals surface area contributed by atoms with Gasteiger partial charge in [0.25, 0.3) is 0 Å². The second-order valence-corrected chi connectivity index (χ2v) is 5.45. The maximum Gasteiger partial charge on any atom is 0.119 e. The molecule has 0 radical (unpaired) electrons. The zero-order valence-electron chi connectivity index (χ0n) is 12.0. The Morgan fingerprint density at radius 3 is 2.45 bits per heavy atom. The predicted octanol–water partition coefficient (Wildman–Crippen LogP) is 4.68. The fourth-order valence-electron chi connectivity index (χ4n) is 3.01. The Labute approximate surface area is 128 Å². The summed E-state index contributed by atoms with van der Waals surface area (Å²) in [5.74, 6) is 0.347. The van der Waals surface area contributed by atoms with Crippen molar-refractivity contribution in [1.29, 1.82) is 0 Å². The highest BCUT2D eigenvalue weighted by molar-refractivity contribution is 5.89. The minimum absolute atomic E-state index is 0.347. The molecule has 0 bridgehead atoms. The first-order valence-corrected chi connectivity index (χ1v) is 7.35. The molecule has 0 saturated heterocycles. The average Bonchev–Trinajstić information content (AvgIpc) is 2.58. The Bertz CT molecular complexity index is 970. The number of pyridine rings is 1. The van der Waals surface area contributed by atoms with Crippen LogP contribution in [-0.2, 0) is 6.42 Å². The van der Waals surface area contributed by atoms with Crippen LogP contribution in [0.1, 0.15) is 11.1 Å². The Balaban J connectivity index is 1.91. The lowest BCUT2D eigenvalue weighted by molar-refractivity contribution is 0.470. The number of benzene rings is 3. The molecule has 2 heteroatoms. The molecule has 0 spiro atoms. The van der Waals surface area contributed by atoms with Gasteiger partial charge in [-0.2, -0.15) is 0 Å². The first-order chi connectivity index (χ1) is 10.8. The monoisotopic (exact) mass is 285 g/mol. The highest BCUT2D eigenvalue weighted by atomic mass is 16.3. The van der Waals surface area contributed by atoms with Crippen LogP contribution >= 0.6 is 0 Å². The molecular formula is C20H15NO. The summed E-state index contributed by atoms with van der Waals surface area (Å²) >= 11 is 0. The number of para-hydroxylation sites is 1. The molecule has 0 saturated carbocycles. The number of rotatable bonds is 2. The van der Waals surface area contributed by atoms with E-state index in [2.05, 4.69) is 23.2 Å². The predicted molar refractivity (Wildman–Crippen MR) is 90.2 cm³/mol. The van der Waals surface area contributed by atoms with Gasteiger partial charge in [-0.3, -0.25) is 4.98 Å². The summed E-state index contributed by atoms with van der Waals surface area (Å²) in [7, 11) is 0. The van der Waals surface area contributed by atoms with Crippen molar-refractivity contribution in [3.63, 3.8) is 0 Å². The molecule has 1 aromatic heterocycles. The molecule has 4 rings (SSSR count). The summed E-state index contributed by atoms with van der Waals surface area (Å²) in [5, 5.41) is 13.7. The number of aromatic hydroxyl groups is 1. The maximum atomic E-state index is 10.3. The van der Waals surface area contributed by atoms with E-state index in [9.17, 15) is 5.11 Å². The molecule has 2 nitrogen and oxygen atoms in total. The molecule has 0 fully saturated rings. The average molecular weight is 285 g/mol. The third kappa shape index (κ3) is 2.09. The van der Waals surface area contributed by atoms with E-state index in [0.717, 1.165) is 27.2 Å². The molecule has 106 valence electrons. The molecule has 0 aliphatic rings. The van der Waals surface area contributed by atoms with E-state index in [0.29, 0.717) is 12.2 Å². The van der Waals surface area contributed by atoms with Gasteiger partial charge in [-0.25, -0.2) is 0 Å². The molecule has 0 amide bonds. The number of hydrogen-bond donors (Lipinski definition) is 1. The fourth-order valence-corrected chi connectivity index (χ4v) is 3.01. The van der Waals surface area contributed by atoms with Crippen molar-refractivity contribution in [2.24, 2.45) is 0 Å². The van der Waals surface area contributed by atoms with Crippen LogP contribution in [0.3, 0.4) is 0 Å². The number of hydrogen-bond acceptors (Lipinski definition) is 2. The Morgan fingerprint density at radius 2 is 1.55 bits per heavy atom. The second kappa shape index (κ2) is 5.15. The number of aromatic nitrogens is 1. The van der Waals surface area contributed by atoms with Gasteiger partial charge in [0.15, 0.2) is 0 Å². The minimum atomic E-state index is 0.347. The van der Waals surface area contributed by atoms with E-state index in [1.54, 1.807) is 6.07 Å². The van der Waals surface area contributed by atoms with Gasteiger partial charge in [0, 0.05) is 23.6 Å². The largest absolute Gasteiger partial charge is 0.508 e. The normalized spacial score (nSPS) is 11.1. The third-order valence-electron chi connectivity index (χ3n) is 4.12. The van der Waals surface area contributed by atoms with Crippen LogP contribution in [0.15, 0.2) is 72.9 Å². The summed E-state index contributed by atoms with van der Waals surface area (Å²) in [5.41, 5.74) is 3.13. The molecule has 4 aromatic rings. The lowest BCUT2D eigenvalue weighted by Gasteiger charge is -2.11. The highest BCUT2D eigenvalue weighted by Gasteiger charge is 2.10. The van der Waals surface area contributed by atoms with Crippen LogP contribution in [0.5, 0.6) is 5.75 Å². The van der Waals surface area contributed by atoms with Gasteiger partial charge in [0.2, 0.25) is 0 Å². The van der Waals surface area contributed by atoms with Gasteiger partial charge in [-0.05, 0) is 34.5 Å². The van der Waals surface area contributed by atoms with Gasteiger partial charge < -0.3 is 5.11 Å². The van der Waals surface area contributed by atoms with Gasteiger partial charge in [-0.1, -0.05) is 48.5 Å². The van der Waals surface area contributed by atoms with Gasteiger partial charge >= 0.3 is 0 Å². The lowest BCUT2D eigenvalue weighted by atomic mass is 9.96. The minimum Gasteiger partial charge on any atom is -0.508 e. The standard InChI is InChI=1S/C20H15NO/c22-20-10-9-14-5-1-2-6-16(14)18(20)13-15-11-12-21-19-8-4-3-7-17(15)19/h1-12,22H,13H2. The SMILES string of the molecule is Oc1ccc2ccccc2c1Cc1ccnc2ccccc12. The van der Waals surface area contributed by atoms with E-state index < -0.39 is 0 Å². The summed E-state index contributed by atoms with van der Waals surface area (Å²) in [6, 6.07) is 22.0. The molecule has 1 heterocycles. The number of phenols is 1. The van der Waals surface area contributed by atoms with Crippen LogP contribution in [-0.4, -0.2) is 10.1 Å². The molecule has 1 N–H and O–H groups in total. The smallest absolute Gasteiger partial charge is 0.119 e. The van der Waals surface area contributed by atoms with Crippen molar-refractivity contribution in [2.75, 3.05) is 0 Å². The van der Waals surface area contributed by atoms with Crippen LogP contribution < -0.4 is 0 Å². The first-order valence-electron chi connectivity index (χ1n) is 7.35. The quantitative estimate of drug-likeness (QED) is 0.580. The topological polar surface area (TPSA) is 33.1 Å². The van der Waals surface area contributed by atoms with Crippen molar-refractivity contribution in [3.8, 4) is 5.75 Å². The van der Waals surface area contributed by atoms with Crippen molar-refractivity contribution in [1.82, 2.24) is 4.98 Å². The summed E-state index contributed by atoms with van der Waals surface area (Å²) in [6.07, 6.45) is 2.52. The maximum absolute atomic E-state index is 10.3. The number of phenolic OH excluding ortho intramolecular Hbond substituents is 1. The summed E-state index contributed by atoms with van der Waals surface area (Å²) in [6.45, 7) is 0. The van der Waals surface area contributed by atoms with E-state index >= 15 is 0 Å². The Hall–Kier alpha value is -2.87. The fraction of sp³-hybridized carbons (Fsp3) is 0.0500. The van der Waals surface area contributed by atoms with Crippen molar-refractivity contribution < 1.29 is 5.11 Å². The van der Waals surface area contributed by atoms with Gasteiger partial charge in [0.1, 0.15) is 5.75 Å². The Kier molecular flexibility index (Phi) is 3.01. The summed E-state index contributed by atoms with van der Waals surface area (Å²) in [4.78, 5) is 4.41. The molecule has 22 heavy (non-hydrogen) atoms. The number of nitrogens with zero attached hydrogens (tertiary/aromatic N) is 1. The van der Waals surface area contributed by atoms with Crippen molar-refractivity contribution in [3.05, 3.63) is 84.1 Å². The van der Waals surface area contributed by atoms with Crippen LogP contribution in [0.2, 0.25) is 0 Å². The zero-order chi connectivity index (χ0) is 14.9. The molecule has 0 atom stereocenters. The van der Waals surface area contributed by atoms with Crippen LogP contribution in [0.4, 0.5) is 0 Å². The van der Waals surface area contributed by atoms with Gasteiger partial charge in [0.05, 0.1) is 5.52 Å². The van der Waals surface area contributed by atoms with E-state index in [1.807, 2.05) is 48.7 Å². The molecule has 0 unspecified atom stereocenters. The van der Waals surface area contributed by atoms with Gasteiger partial charge in [-0.15, -0.1) is 0 Å². The van der Waals surface area contributed by atoms with Crippen molar-refractivity contribution >= 4 is 21.7 Å². The molecule has 3 aromatic carbocycles. The van der Waals surface area contributed by atoms with Crippen LogP contribution in [0, 0.1) is 0 Å². The number of fused-ring (bicyclic) bond motifs is 2. The Morgan fingerprint density at radius 1 is 0.773 bits per heavy atom. The van der Waals surface area contributed by atoms with E-state index in [-0.39, 0.29) is 0 Å². The first kappa shape index (κ1) is 12.8. The summed E-state index contributed by atoms with van der Waals surface area (Å²) < 4.78 is 0. The van der Waals surface area contributed by atoms with Crippen molar-refractivity contribution in [2.45, 2.75) is 6.42 Å².